The minimum absolute atomic E-state index is 0.160. The fourth-order valence-electron chi connectivity index (χ4n) is 3.38. The lowest BCUT2D eigenvalue weighted by Gasteiger charge is -2.09. The Morgan fingerprint density at radius 1 is 0.839 bits per heavy atom. The van der Waals surface area contributed by atoms with Crippen LogP contribution in [0.4, 0.5) is 17.5 Å². The molecule has 0 aliphatic rings. The van der Waals surface area contributed by atoms with Crippen LogP contribution >= 0.6 is 0 Å². The van der Waals surface area contributed by atoms with Crippen molar-refractivity contribution in [1.82, 2.24) is 9.97 Å². The summed E-state index contributed by atoms with van der Waals surface area (Å²) in [6.45, 7) is 0.755. The average Bonchev–Trinajstić information content (AvgIpc) is 2.78. The molecule has 0 radical (unpaired) electrons. The summed E-state index contributed by atoms with van der Waals surface area (Å²) in [5.41, 5.74) is 14.3. The zero-order chi connectivity index (χ0) is 21.8. The van der Waals surface area contributed by atoms with Gasteiger partial charge in [-0.25, -0.2) is 13.4 Å². The van der Waals surface area contributed by atoms with E-state index in [1.54, 1.807) is 42.5 Å². The van der Waals surface area contributed by atoms with Crippen molar-refractivity contribution in [2.75, 3.05) is 23.3 Å². The summed E-state index contributed by atoms with van der Waals surface area (Å²) in [6.07, 6.45) is 1.71. The van der Waals surface area contributed by atoms with Crippen LogP contribution in [-0.4, -0.2) is 24.9 Å². The van der Waals surface area contributed by atoms with Crippen LogP contribution in [0.25, 0.3) is 10.9 Å². The number of nitrogen functional groups attached to an aromatic ring is 2. The lowest BCUT2D eigenvalue weighted by molar-refractivity contribution is 0.596. The van der Waals surface area contributed by atoms with Gasteiger partial charge in [-0.2, -0.15) is 4.98 Å². The molecule has 158 valence electrons. The quantitative estimate of drug-likeness (QED) is 0.380. The predicted molar refractivity (Wildman–Crippen MR) is 124 cm³/mol. The highest BCUT2D eigenvalue weighted by Gasteiger charge is 2.16. The molecule has 0 bridgehead atoms. The van der Waals surface area contributed by atoms with Gasteiger partial charge in [0, 0.05) is 17.6 Å². The van der Waals surface area contributed by atoms with E-state index in [1.165, 1.54) is 0 Å². The fourth-order valence-corrected chi connectivity index (χ4v) is 4.66. The second kappa shape index (κ2) is 8.61. The van der Waals surface area contributed by atoms with Crippen LogP contribution in [0.1, 0.15) is 12.0 Å². The van der Waals surface area contributed by atoms with Crippen LogP contribution in [0.15, 0.2) is 82.6 Å². The van der Waals surface area contributed by atoms with Crippen molar-refractivity contribution in [3.8, 4) is 0 Å². The minimum atomic E-state index is -3.48. The van der Waals surface area contributed by atoms with Gasteiger partial charge in [-0.15, -0.1) is 0 Å². The topological polar surface area (TPSA) is 124 Å². The van der Waals surface area contributed by atoms with E-state index in [0.29, 0.717) is 21.1 Å². The molecule has 0 spiro atoms. The zero-order valence-electron chi connectivity index (χ0n) is 16.8. The lowest BCUT2D eigenvalue weighted by Crippen LogP contribution is -2.05. The number of aromatic nitrogens is 2. The second-order valence-electron chi connectivity index (χ2n) is 7.19. The molecule has 5 N–H and O–H groups in total. The maximum atomic E-state index is 12.7. The fraction of sp³-hybridized carbons (Fsp3) is 0.130. The molecule has 3 aromatic carbocycles. The smallest absolute Gasteiger partial charge is 0.222 e. The third-order valence-electron chi connectivity index (χ3n) is 5.00. The van der Waals surface area contributed by atoms with E-state index in [0.717, 1.165) is 36.0 Å². The van der Waals surface area contributed by atoms with E-state index >= 15 is 0 Å². The molecule has 7 nitrogen and oxygen atoms in total. The Morgan fingerprint density at radius 2 is 1.55 bits per heavy atom. The molecule has 0 saturated carbocycles. The molecule has 4 aromatic rings. The lowest BCUT2D eigenvalue weighted by atomic mass is 10.1. The molecular weight excluding hydrogens is 410 g/mol. The molecule has 4 rings (SSSR count). The third kappa shape index (κ3) is 4.59. The van der Waals surface area contributed by atoms with Crippen molar-refractivity contribution in [3.05, 3.63) is 78.4 Å². The maximum absolute atomic E-state index is 12.7. The Balaban J connectivity index is 1.35. The van der Waals surface area contributed by atoms with Crippen molar-refractivity contribution in [1.29, 1.82) is 0 Å². The summed E-state index contributed by atoms with van der Waals surface area (Å²) in [7, 11) is -3.48. The van der Waals surface area contributed by atoms with E-state index in [9.17, 15) is 8.42 Å². The van der Waals surface area contributed by atoms with Gasteiger partial charge in [-0.3, -0.25) is 0 Å². The first-order valence-corrected chi connectivity index (χ1v) is 11.4. The highest BCUT2D eigenvalue weighted by Crippen LogP contribution is 2.23. The SMILES string of the molecule is Nc1nc(N)c2cc(NCCCc3ccc(S(=O)(=O)c4ccccc4)cc3)ccc2n1. The maximum Gasteiger partial charge on any atom is 0.222 e. The molecule has 0 aliphatic heterocycles. The van der Waals surface area contributed by atoms with E-state index < -0.39 is 9.84 Å². The summed E-state index contributed by atoms with van der Waals surface area (Å²) < 4.78 is 25.3. The number of nitrogens with zero attached hydrogens (tertiary/aromatic N) is 2. The van der Waals surface area contributed by atoms with E-state index in [1.807, 2.05) is 30.3 Å². The number of sulfone groups is 1. The van der Waals surface area contributed by atoms with E-state index in [2.05, 4.69) is 15.3 Å². The van der Waals surface area contributed by atoms with Gasteiger partial charge in [0.1, 0.15) is 5.82 Å². The standard InChI is InChI=1S/C23H23N5O2S/c24-22-20-15-17(10-13-21(20)27-23(25)28-22)26-14-4-5-16-8-11-19(12-9-16)31(29,30)18-6-2-1-3-7-18/h1-3,6-13,15,26H,4-5,14H2,(H4,24,25,27,28). The van der Waals surface area contributed by atoms with Crippen molar-refractivity contribution < 1.29 is 8.42 Å². The van der Waals surface area contributed by atoms with Gasteiger partial charge in [0.15, 0.2) is 0 Å². The van der Waals surface area contributed by atoms with Crippen LogP contribution in [0.3, 0.4) is 0 Å². The first-order valence-electron chi connectivity index (χ1n) is 9.89. The first kappa shape index (κ1) is 20.6. The molecule has 0 atom stereocenters. The van der Waals surface area contributed by atoms with E-state index in [-0.39, 0.29) is 5.95 Å². The monoisotopic (exact) mass is 433 g/mol. The number of fused-ring (bicyclic) bond motifs is 1. The normalized spacial score (nSPS) is 11.5. The number of rotatable bonds is 7. The molecule has 0 unspecified atom stereocenters. The molecular formula is C23H23N5O2S. The van der Waals surface area contributed by atoms with Crippen LogP contribution < -0.4 is 16.8 Å². The Labute approximate surface area is 181 Å². The summed E-state index contributed by atoms with van der Waals surface area (Å²) >= 11 is 0. The Kier molecular flexibility index (Phi) is 5.73. The molecule has 1 aromatic heterocycles. The van der Waals surface area contributed by atoms with Crippen LogP contribution in [0.2, 0.25) is 0 Å². The van der Waals surface area contributed by atoms with Crippen LogP contribution in [0.5, 0.6) is 0 Å². The summed E-state index contributed by atoms with van der Waals surface area (Å²) in [6, 6.07) is 21.2. The van der Waals surface area contributed by atoms with Crippen molar-refractivity contribution in [2.24, 2.45) is 0 Å². The molecule has 1 heterocycles. The molecule has 0 aliphatic carbocycles. The molecule has 0 amide bonds. The first-order chi connectivity index (χ1) is 14.9. The summed E-state index contributed by atoms with van der Waals surface area (Å²) in [5, 5.41) is 4.13. The number of nitrogens with two attached hydrogens (primary N) is 2. The third-order valence-corrected chi connectivity index (χ3v) is 6.79. The number of hydrogen-bond acceptors (Lipinski definition) is 7. The average molecular weight is 434 g/mol. The van der Waals surface area contributed by atoms with Crippen LogP contribution in [0, 0.1) is 0 Å². The van der Waals surface area contributed by atoms with Gasteiger partial charge in [-0.1, -0.05) is 30.3 Å². The van der Waals surface area contributed by atoms with Crippen LogP contribution in [-0.2, 0) is 16.3 Å². The van der Waals surface area contributed by atoms with Gasteiger partial charge < -0.3 is 16.8 Å². The molecule has 0 fully saturated rings. The van der Waals surface area contributed by atoms with Gasteiger partial charge in [0.05, 0.1) is 15.3 Å². The van der Waals surface area contributed by atoms with Gasteiger partial charge in [0.25, 0.3) is 0 Å². The Hall–Kier alpha value is -3.65. The highest BCUT2D eigenvalue weighted by atomic mass is 32.2. The van der Waals surface area contributed by atoms with Crippen molar-refractivity contribution in [2.45, 2.75) is 22.6 Å². The minimum Gasteiger partial charge on any atom is -0.385 e. The number of aryl methyl sites for hydroxylation is 1. The molecule has 8 heteroatoms. The number of hydrogen-bond donors (Lipinski definition) is 3. The second-order valence-corrected chi connectivity index (χ2v) is 9.14. The summed E-state index contributed by atoms with van der Waals surface area (Å²) in [5.74, 6) is 0.519. The van der Waals surface area contributed by atoms with Gasteiger partial charge in [0.2, 0.25) is 15.8 Å². The van der Waals surface area contributed by atoms with Crippen molar-refractivity contribution >= 4 is 38.2 Å². The molecule has 31 heavy (non-hydrogen) atoms. The zero-order valence-corrected chi connectivity index (χ0v) is 17.6. The number of anilines is 3. The summed E-state index contributed by atoms with van der Waals surface area (Å²) in [4.78, 5) is 8.77. The molecule has 0 saturated heterocycles. The Morgan fingerprint density at radius 3 is 2.29 bits per heavy atom. The highest BCUT2D eigenvalue weighted by molar-refractivity contribution is 7.91. The van der Waals surface area contributed by atoms with Crippen molar-refractivity contribution in [3.63, 3.8) is 0 Å². The predicted octanol–water partition coefficient (Wildman–Crippen LogP) is 3.67. The van der Waals surface area contributed by atoms with E-state index in [4.69, 9.17) is 11.5 Å². The van der Waals surface area contributed by atoms with Gasteiger partial charge in [-0.05, 0) is 60.9 Å². The number of benzene rings is 3. The Bertz CT molecular complexity index is 1310. The largest absolute Gasteiger partial charge is 0.385 e. The van der Waals surface area contributed by atoms with Gasteiger partial charge >= 0.3 is 0 Å². The number of nitrogens with one attached hydrogen (secondary N) is 1.